The van der Waals surface area contributed by atoms with E-state index in [2.05, 4.69) is 10.6 Å². The minimum absolute atomic E-state index is 0.224. The van der Waals surface area contributed by atoms with Gasteiger partial charge in [0.05, 0.1) is 10.4 Å². The minimum Gasteiger partial charge on any atom is -0.452 e. The lowest BCUT2D eigenvalue weighted by Gasteiger charge is -2.21. The smallest absolute Gasteiger partial charge is 0.338 e. The second-order valence-electron chi connectivity index (χ2n) is 8.12. The number of thiophene rings is 1. The first kappa shape index (κ1) is 22.0. The monoisotopic (exact) mass is 478 g/mol. The maximum Gasteiger partial charge on any atom is 0.338 e. The summed E-state index contributed by atoms with van der Waals surface area (Å²) in [6.45, 7) is -0.455. The van der Waals surface area contributed by atoms with Gasteiger partial charge in [0.1, 0.15) is 0 Å². The predicted molar refractivity (Wildman–Crippen MR) is 127 cm³/mol. The minimum atomic E-state index is -0.670. The summed E-state index contributed by atoms with van der Waals surface area (Å²) in [7, 11) is 0. The second kappa shape index (κ2) is 9.18. The van der Waals surface area contributed by atoms with E-state index in [-0.39, 0.29) is 11.5 Å². The van der Waals surface area contributed by atoms with E-state index in [0.29, 0.717) is 27.8 Å². The summed E-state index contributed by atoms with van der Waals surface area (Å²) >= 11 is 1.32. The maximum absolute atomic E-state index is 12.4. The largest absolute Gasteiger partial charge is 0.452 e. The number of carbonyl (C=O) groups excluding carboxylic acids is 3. The topological polar surface area (TPSA) is 103 Å². The van der Waals surface area contributed by atoms with Gasteiger partial charge in [-0.15, -0.1) is 11.3 Å². The van der Waals surface area contributed by atoms with Gasteiger partial charge in [-0.05, 0) is 54.6 Å². The third kappa shape index (κ3) is 4.74. The van der Waals surface area contributed by atoms with Crippen molar-refractivity contribution in [2.45, 2.75) is 31.5 Å². The number of rotatable bonds is 6. The van der Waals surface area contributed by atoms with Crippen molar-refractivity contribution >= 4 is 40.5 Å². The summed E-state index contributed by atoms with van der Waals surface area (Å²) in [6, 6.07) is 15.0. The van der Waals surface area contributed by atoms with Crippen molar-refractivity contribution in [2.24, 2.45) is 0 Å². The Morgan fingerprint density at radius 2 is 1.71 bits per heavy atom. The number of benzene rings is 2. The van der Waals surface area contributed by atoms with Gasteiger partial charge in [-0.3, -0.25) is 9.59 Å². The molecular formula is C25H22N2O6S. The molecule has 8 nitrogen and oxygen atoms in total. The predicted octanol–water partition coefficient (Wildman–Crippen LogP) is 4.84. The van der Waals surface area contributed by atoms with E-state index in [0.717, 1.165) is 25.7 Å². The molecule has 174 valence electrons. The summed E-state index contributed by atoms with van der Waals surface area (Å²) in [5.74, 6) is -0.725. The number of carbonyl (C=O) groups is 3. The zero-order chi connectivity index (χ0) is 23.5. The van der Waals surface area contributed by atoms with Crippen molar-refractivity contribution in [3.8, 4) is 11.5 Å². The lowest BCUT2D eigenvalue weighted by atomic mass is 10.2. The third-order valence-corrected chi connectivity index (χ3v) is 6.49. The summed E-state index contributed by atoms with van der Waals surface area (Å²) in [6.07, 6.45) is 3.82. The van der Waals surface area contributed by atoms with E-state index in [9.17, 15) is 14.4 Å². The van der Waals surface area contributed by atoms with E-state index in [1.54, 1.807) is 48.5 Å². The van der Waals surface area contributed by atoms with Gasteiger partial charge in [-0.25, -0.2) is 4.79 Å². The fourth-order valence-corrected chi connectivity index (χ4v) is 4.64. The molecule has 2 N–H and O–H groups in total. The number of nitrogens with one attached hydrogen (secondary N) is 2. The van der Waals surface area contributed by atoms with E-state index in [4.69, 9.17) is 14.2 Å². The Balaban J connectivity index is 1.14. The number of esters is 1. The first-order valence-corrected chi connectivity index (χ1v) is 11.8. The van der Waals surface area contributed by atoms with Crippen LogP contribution in [0.2, 0.25) is 0 Å². The fourth-order valence-electron chi connectivity index (χ4n) is 4.03. The molecule has 3 aromatic rings. The third-order valence-electron chi connectivity index (χ3n) is 5.62. The summed E-state index contributed by atoms with van der Waals surface area (Å²) in [4.78, 5) is 37.5. The second-order valence-corrected chi connectivity index (χ2v) is 9.07. The van der Waals surface area contributed by atoms with Crippen molar-refractivity contribution in [3.05, 3.63) is 70.4 Å². The van der Waals surface area contributed by atoms with Gasteiger partial charge in [0.2, 0.25) is 0 Å². The Labute approximate surface area is 199 Å². The highest BCUT2D eigenvalue weighted by Gasteiger charge is 2.44. The van der Waals surface area contributed by atoms with Crippen LogP contribution < -0.4 is 20.1 Å². The van der Waals surface area contributed by atoms with Crippen molar-refractivity contribution in [3.63, 3.8) is 0 Å². The van der Waals surface area contributed by atoms with Crippen LogP contribution in [0.4, 0.5) is 11.4 Å². The van der Waals surface area contributed by atoms with Crippen LogP contribution in [0.5, 0.6) is 11.5 Å². The lowest BCUT2D eigenvalue weighted by Crippen LogP contribution is -2.34. The maximum atomic E-state index is 12.4. The summed E-state index contributed by atoms with van der Waals surface area (Å²) in [5, 5.41) is 7.25. The van der Waals surface area contributed by atoms with Gasteiger partial charge < -0.3 is 24.8 Å². The van der Waals surface area contributed by atoms with Crippen LogP contribution in [0, 0.1) is 0 Å². The Morgan fingerprint density at radius 1 is 0.912 bits per heavy atom. The zero-order valence-corrected chi connectivity index (χ0v) is 19.0. The fraction of sp³-hybridized carbons (Fsp3) is 0.240. The summed E-state index contributed by atoms with van der Waals surface area (Å²) in [5.41, 5.74) is 1.20. The zero-order valence-electron chi connectivity index (χ0n) is 18.2. The molecule has 1 fully saturated rings. The van der Waals surface area contributed by atoms with Gasteiger partial charge in [-0.1, -0.05) is 12.1 Å². The van der Waals surface area contributed by atoms with Gasteiger partial charge >= 0.3 is 5.97 Å². The number of amides is 2. The van der Waals surface area contributed by atoms with Gasteiger partial charge in [-0.2, -0.15) is 0 Å². The molecule has 1 saturated carbocycles. The standard InChI is InChI=1S/C25H22N2O6S/c28-22(26-18-8-9-19-20(14-18)33-25(32-19)10-1-2-11-25)15-31-24(30)16-5-3-6-17(13-16)27-23(29)21-7-4-12-34-21/h3-9,12-14H,1-2,10-11,15H2,(H,26,28)(H,27,29). The van der Waals surface area contributed by atoms with Crippen LogP contribution in [0.25, 0.3) is 0 Å². The first-order chi connectivity index (χ1) is 16.5. The van der Waals surface area contributed by atoms with Gasteiger partial charge in [0.15, 0.2) is 18.1 Å². The number of ether oxygens (including phenoxy) is 3. The highest BCUT2D eigenvalue weighted by molar-refractivity contribution is 7.12. The average Bonchev–Trinajstić information content (AvgIpc) is 3.59. The molecule has 1 aliphatic carbocycles. The van der Waals surface area contributed by atoms with Gasteiger partial charge in [0.25, 0.3) is 17.6 Å². The Bertz CT molecular complexity index is 1230. The highest BCUT2D eigenvalue weighted by Crippen LogP contribution is 2.47. The molecule has 1 aliphatic heterocycles. The van der Waals surface area contributed by atoms with Crippen molar-refractivity contribution < 1.29 is 28.6 Å². The molecule has 2 heterocycles. The molecule has 2 aliphatic rings. The average molecular weight is 479 g/mol. The molecule has 34 heavy (non-hydrogen) atoms. The Kier molecular flexibility index (Phi) is 5.93. The van der Waals surface area contributed by atoms with Crippen LogP contribution in [-0.2, 0) is 9.53 Å². The molecular weight excluding hydrogens is 456 g/mol. The SMILES string of the molecule is O=C(COC(=O)c1cccc(NC(=O)c2cccs2)c1)Nc1ccc2c(c1)OC1(CCCC1)O2. The first-order valence-electron chi connectivity index (χ1n) is 10.9. The van der Waals surface area contributed by atoms with Crippen LogP contribution in [-0.4, -0.2) is 30.2 Å². The molecule has 0 unspecified atom stereocenters. The normalized spacial score (nSPS) is 15.2. The van der Waals surface area contributed by atoms with Crippen LogP contribution in [0.3, 0.4) is 0 Å². The van der Waals surface area contributed by atoms with E-state index in [1.807, 2.05) is 5.38 Å². The lowest BCUT2D eigenvalue weighted by molar-refractivity contribution is -0.119. The quantitative estimate of drug-likeness (QED) is 0.492. The molecule has 2 amide bonds. The summed E-state index contributed by atoms with van der Waals surface area (Å²) < 4.78 is 17.1. The highest BCUT2D eigenvalue weighted by atomic mass is 32.1. The van der Waals surface area contributed by atoms with Crippen LogP contribution in [0.15, 0.2) is 60.0 Å². The molecule has 0 atom stereocenters. The van der Waals surface area contributed by atoms with Crippen molar-refractivity contribution in [2.75, 3.05) is 17.2 Å². The molecule has 5 rings (SSSR count). The van der Waals surface area contributed by atoms with E-state index in [1.165, 1.54) is 17.4 Å². The molecule has 2 aromatic carbocycles. The molecule has 0 saturated heterocycles. The van der Waals surface area contributed by atoms with E-state index < -0.39 is 24.3 Å². The van der Waals surface area contributed by atoms with Crippen molar-refractivity contribution in [1.29, 1.82) is 0 Å². The van der Waals surface area contributed by atoms with Crippen LogP contribution in [0.1, 0.15) is 45.7 Å². The van der Waals surface area contributed by atoms with Crippen LogP contribution >= 0.6 is 11.3 Å². The molecule has 1 spiro atoms. The van der Waals surface area contributed by atoms with Crippen molar-refractivity contribution in [1.82, 2.24) is 0 Å². The molecule has 0 radical (unpaired) electrons. The Morgan fingerprint density at radius 3 is 2.50 bits per heavy atom. The number of fused-ring (bicyclic) bond motifs is 1. The van der Waals surface area contributed by atoms with E-state index >= 15 is 0 Å². The van der Waals surface area contributed by atoms with Gasteiger partial charge in [0, 0.05) is 30.3 Å². The molecule has 9 heteroatoms. The molecule has 0 bridgehead atoms. The number of hydrogen-bond donors (Lipinski definition) is 2. The number of hydrogen-bond acceptors (Lipinski definition) is 7. The molecule has 1 aromatic heterocycles. The number of anilines is 2. The Hall–Kier alpha value is -3.85.